The van der Waals surface area contributed by atoms with Crippen LogP contribution >= 0.6 is 0 Å². The van der Waals surface area contributed by atoms with Crippen LogP contribution in [0.15, 0.2) is 24.3 Å². The number of carbonyl (C=O) groups is 3. The van der Waals surface area contributed by atoms with Gasteiger partial charge in [0.15, 0.2) is 0 Å². The Balaban J connectivity index is 2.83. The molecule has 1 rings (SSSR count). The molecule has 1 aromatic carbocycles. The molecule has 2 atom stereocenters. The topological polar surface area (TPSA) is 109 Å². The minimum Gasteiger partial charge on any atom is -0.480 e. The predicted molar refractivity (Wildman–Crippen MR) is 73.3 cm³/mol. The molecule has 0 aromatic heterocycles. The van der Waals surface area contributed by atoms with E-state index < -0.39 is 23.8 Å². The second kappa shape index (κ2) is 6.70. The molecule has 20 heavy (non-hydrogen) atoms. The second-order valence-corrected chi connectivity index (χ2v) is 4.62. The van der Waals surface area contributed by atoms with E-state index in [1.165, 1.54) is 24.3 Å². The zero-order valence-corrected chi connectivity index (χ0v) is 11.4. The Morgan fingerprint density at radius 1 is 1.20 bits per heavy atom. The monoisotopic (exact) mass is 278 g/mol. The zero-order chi connectivity index (χ0) is 15.3. The fourth-order valence-electron chi connectivity index (χ4n) is 1.69. The Kier molecular flexibility index (Phi) is 5.25. The molecule has 0 spiro atoms. The fraction of sp³-hybridized carbons (Fsp3) is 0.357. The first-order valence-corrected chi connectivity index (χ1v) is 6.30. The first-order valence-electron chi connectivity index (χ1n) is 6.30. The van der Waals surface area contributed by atoms with Gasteiger partial charge < -0.3 is 16.2 Å². The molecule has 4 N–H and O–H groups in total. The molecule has 0 heterocycles. The lowest BCUT2D eigenvalue weighted by molar-refractivity contribution is -0.140. The first kappa shape index (κ1) is 15.7. The van der Waals surface area contributed by atoms with Gasteiger partial charge in [-0.2, -0.15) is 0 Å². The van der Waals surface area contributed by atoms with Crippen LogP contribution in [0.1, 0.15) is 41.0 Å². The number of carboxylic acids is 1. The summed E-state index contributed by atoms with van der Waals surface area (Å²) in [6.07, 6.45) is 0.637. The summed E-state index contributed by atoms with van der Waals surface area (Å²) in [4.78, 5) is 34.0. The lowest BCUT2D eigenvalue weighted by atomic mass is 9.99. The number of primary amides is 1. The number of aliphatic carboxylic acids is 1. The number of hydrogen-bond acceptors (Lipinski definition) is 3. The van der Waals surface area contributed by atoms with Crippen molar-refractivity contribution in [3.05, 3.63) is 35.4 Å². The van der Waals surface area contributed by atoms with Crippen LogP contribution in [0.25, 0.3) is 0 Å². The third-order valence-electron chi connectivity index (χ3n) is 3.20. The largest absolute Gasteiger partial charge is 0.480 e. The van der Waals surface area contributed by atoms with Crippen molar-refractivity contribution >= 4 is 17.8 Å². The number of rotatable bonds is 6. The summed E-state index contributed by atoms with van der Waals surface area (Å²) in [6, 6.07) is 4.78. The highest BCUT2D eigenvalue weighted by Crippen LogP contribution is 2.10. The molecule has 2 amide bonds. The molecule has 6 nitrogen and oxygen atoms in total. The minimum atomic E-state index is -1.07. The van der Waals surface area contributed by atoms with E-state index in [0.29, 0.717) is 12.0 Å². The van der Waals surface area contributed by atoms with Crippen molar-refractivity contribution < 1.29 is 19.5 Å². The van der Waals surface area contributed by atoms with E-state index in [9.17, 15) is 14.4 Å². The summed E-state index contributed by atoms with van der Waals surface area (Å²) in [7, 11) is 0. The van der Waals surface area contributed by atoms with Gasteiger partial charge in [0.05, 0.1) is 0 Å². The Morgan fingerprint density at radius 2 is 1.70 bits per heavy atom. The number of benzene rings is 1. The van der Waals surface area contributed by atoms with Crippen molar-refractivity contribution in [3.63, 3.8) is 0 Å². The highest BCUT2D eigenvalue weighted by atomic mass is 16.4. The van der Waals surface area contributed by atoms with Gasteiger partial charge in [0, 0.05) is 11.1 Å². The molecule has 1 aromatic rings. The minimum absolute atomic E-state index is 0.179. The number of amides is 2. The molecule has 0 aliphatic carbocycles. The van der Waals surface area contributed by atoms with Crippen LogP contribution in [0, 0.1) is 5.92 Å². The summed E-state index contributed by atoms with van der Waals surface area (Å²) in [5, 5.41) is 11.6. The van der Waals surface area contributed by atoms with Crippen LogP contribution in [-0.4, -0.2) is 28.9 Å². The molecule has 0 aliphatic rings. The van der Waals surface area contributed by atoms with Gasteiger partial charge in [0.25, 0.3) is 5.91 Å². The van der Waals surface area contributed by atoms with Crippen LogP contribution in [0.5, 0.6) is 0 Å². The van der Waals surface area contributed by atoms with E-state index in [-0.39, 0.29) is 11.5 Å². The Bertz CT molecular complexity index is 510. The summed E-state index contributed by atoms with van der Waals surface area (Å²) < 4.78 is 0. The van der Waals surface area contributed by atoms with Crippen molar-refractivity contribution in [2.45, 2.75) is 26.3 Å². The average molecular weight is 278 g/mol. The van der Waals surface area contributed by atoms with Crippen molar-refractivity contribution in [1.29, 1.82) is 0 Å². The second-order valence-electron chi connectivity index (χ2n) is 4.62. The van der Waals surface area contributed by atoms with E-state index in [0.717, 1.165) is 0 Å². The van der Waals surface area contributed by atoms with Gasteiger partial charge in [-0.05, 0) is 30.2 Å². The quantitative estimate of drug-likeness (QED) is 0.721. The fourth-order valence-corrected chi connectivity index (χ4v) is 1.69. The molecule has 0 fully saturated rings. The van der Waals surface area contributed by atoms with Crippen molar-refractivity contribution in [2.24, 2.45) is 11.7 Å². The molecule has 0 saturated carbocycles. The number of nitrogens with two attached hydrogens (primary N) is 1. The van der Waals surface area contributed by atoms with Crippen molar-refractivity contribution in [2.75, 3.05) is 0 Å². The predicted octanol–water partition coefficient (Wildman–Crippen LogP) is 1.01. The highest BCUT2D eigenvalue weighted by Gasteiger charge is 2.25. The maximum absolute atomic E-state index is 12.0. The molecule has 0 saturated heterocycles. The van der Waals surface area contributed by atoms with Gasteiger partial charge in [0.2, 0.25) is 5.91 Å². The summed E-state index contributed by atoms with van der Waals surface area (Å²) >= 11 is 0. The summed E-state index contributed by atoms with van der Waals surface area (Å²) in [5.41, 5.74) is 5.67. The highest BCUT2D eigenvalue weighted by molar-refractivity contribution is 5.98. The van der Waals surface area contributed by atoms with Gasteiger partial charge in [0.1, 0.15) is 6.04 Å². The van der Waals surface area contributed by atoms with Gasteiger partial charge in [-0.15, -0.1) is 0 Å². The van der Waals surface area contributed by atoms with Crippen LogP contribution in [-0.2, 0) is 4.79 Å². The summed E-state index contributed by atoms with van der Waals surface area (Å²) in [5.74, 6) is -2.32. The lowest BCUT2D eigenvalue weighted by Crippen LogP contribution is -2.45. The van der Waals surface area contributed by atoms with Crippen LogP contribution in [0.2, 0.25) is 0 Å². The van der Waals surface area contributed by atoms with Gasteiger partial charge in [-0.1, -0.05) is 20.3 Å². The first-order chi connectivity index (χ1) is 9.36. The molecule has 108 valence electrons. The third-order valence-corrected chi connectivity index (χ3v) is 3.20. The Morgan fingerprint density at radius 3 is 2.10 bits per heavy atom. The molecule has 6 heteroatoms. The standard InChI is InChI=1S/C14H18N2O4/c1-3-8(2)11(14(19)20)16-13(18)10-6-4-9(5-7-10)12(15)17/h4-8,11H,3H2,1-2H3,(H2,15,17)(H,16,18)(H,19,20). The normalized spacial score (nSPS) is 13.3. The molecule has 0 bridgehead atoms. The lowest BCUT2D eigenvalue weighted by Gasteiger charge is -2.20. The van der Waals surface area contributed by atoms with Gasteiger partial charge >= 0.3 is 5.97 Å². The van der Waals surface area contributed by atoms with Gasteiger partial charge in [-0.25, -0.2) is 4.79 Å². The number of nitrogens with one attached hydrogen (secondary N) is 1. The molecule has 0 aliphatic heterocycles. The maximum Gasteiger partial charge on any atom is 0.326 e. The molecular formula is C14H18N2O4. The molecule has 0 radical (unpaired) electrons. The number of carboxylic acid groups (broad SMARTS) is 1. The van der Waals surface area contributed by atoms with Crippen LogP contribution in [0.3, 0.4) is 0 Å². The maximum atomic E-state index is 12.0. The van der Waals surface area contributed by atoms with E-state index in [4.69, 9.17) is 10.8 Å². The van der Waals surface area contributed by atoms with Gasteiger partial charge in [-0.3, -0.25) is 9.59 Å². The summed E-state index contributed by atoms with van der Waals surface area (Å²) in [6.45, 7) is 3.61. The SMILES string of the molecule is CCC(C)C(NC(=O)c1ccc(C(N)=O)cc1)C(=O)O. The van der Waals surface area contributed by atoms with E-state index in [1.807, 2.05) is 6.92 Å². The smallest absolute Gasteiger partial charge is 0.326 e. The van der Waals surface area contributed by atoms with E-state index >= 15 is 0 Å². The third kappa shape index (κ3) is 3.81. The van der Waals surface area contributed by atoms with Crippen LogP contribution in [0.4, 0.5) is 0 Å². The Hall–Kier alpha value is -2.37. The average Bonchev–Trinajstić information content (AvgIpc) is 2.43. The number of carbonyl (C=O) groups excluding carboxylic acids is 2. The molecule has 2 unspecified atom stereocenters. The van der Waals surface area contributed by atoms with E-state index in [2.05, 4.69) is 5.32 Å². The van der Waals surface area contributed by atoms with Crippen LogP contribution < -0.4 is 11.1 Å². The van der Waals surface area contributed by atoms with Crippen molar-refractivity contribution in [1.82, 2.24) is 5.32 Å². The molecular weight excluding hydrogens is 260 g/mol. The zero-order valence-electron chi connectivity index (χ0n) is 11.4. The Labute approximate surface area is 117 Å². The van der Waals surface area contributed by atoms with Crippen molar-refractivity contribution in [3.8, 4) is 0 Å². The van der Waals surface area contributed by atoms with E-state index in [1.54, 1.807) is 6.92 Å². The number of hydrogen-bond donors (Lipinski definition) is 3.